The molecule has 24 heavy (non-hydrogen) atoms. The van der Waals surface area contributed by atoms with Crippen molar-refractivity contribution in [3.63, 3.8) is 0 Å². The molecule has 1 aliphatic rings. The highest BCUT2D eigenvalue weighted by Gasteiger charge is 2.24. The number of hydrogen-bond acceptors (Lipinski definition) is 2. The van der Waals surface area contributed by atoms with E-state index >= 15 is 0 Å². The third-order valence-electron chi connectivity index (χ3n) is 4.68. The van der Waals surface area contributed by atoms with Crippen LogP contribution in [0.1, 0.15) is 40.5 Å². The molecular weight excluding hydrogens is 302 g/mol. The Balaban J connectivity index is 2.00. The van der Waals surface area contributed by atoms with Crippen molar-refractivity contribution in [3.8, 4) is 11.1 Å². The number of carboxylic acids is 1. The van der Waals surface area contributed by atoms with Gasteiger partial charge >= 0.3 is 5.97 Å². The van der Waals surface area contributed by atoms with Gasteiger partial charge in [-0.15, -0.1) is 0 Å². The Morgan fingerprint density at radius 3 is 2.00 bits per heavy atom. The summed E-state index contributed by atoms with van der Waals surface area (Å²) < 4.78 is 0. The molecular formula is C20H21NO3. The summed E-state index contributed by atoms with van der Waals surface area (Å²) in [6, 6.07) is 14.1. The minimum Gasteiger partial charge on any atom is -0.478 e. The molecule has 3 rings (SSSR count). The van der Waals surface area contributed by atoms with E-state index in [1.165, 1.54) is 0 Å². The topological polar surface area (TPSA) is 57.6 Å². The van der Waals surface area contributed by atoms with Crippen molar-refractivity contribution < 1.29 is 14.7 Å². The first-order valence-electron chi connectivity index (χ1n) is 8.29. The van der Waals surface area contributed by atoms with Crippen LogP contribution in [-0.4, -0.2) is 35.0 Å². The Bertz CT molecular complexity index is 761. The highest BCUT2D eigenvalue weighted by Crippen LogP contribution is 2.29. The van der Waals surface area contributed by atoms with Gasteiger partial charge in [0.25, 0.3) is 5.91 Å². The Kier molecular flexibility index (Phi) is 4.65. The zero-order valence-electron chi connectivity index (χ0n) is 13.7. The van der Waals surface area contributed by atoms with E-state index in [2.05, 4.69) is 6.92 Å². The summed E-state index contributed by atoms with van der Waals surface area (Å²) in [5.41, 5.74) is 2.05. The van der Waals surface area contributed by atoms with Crippen molar-refractivity contribution in [2.24, 2.45) is 5.92 Å². The number of benzene rings is 2. The van der Waals surface area contributed by atoms with E-state index in [4.69, 9.17) is 0 Å². The van der Waals surface area contributed by atoms with E-state index in [0.717, 1.165) is 25.9 Å². The molecule has 1 fully saturated rings. The third-order valence-corrected chi connectivity index (χ3v) is 4.68. The molecule has 4 nitrogen and oxygen atoms in total. The second-order valence-electron chi connectivity index (χ2n) is 6.37. The zero-order valence-corrected chi connectivity index (χ0v) is 13.7. The van der Waals surface area contributed by atoms with Crippen LogP contribution in [0, 0.1) is 5.92 Å². The Morgan fingerprint density at radius 2 is 1.42 bits per heavy atom. The lowest BCUT2D eigenvalue weighted by atomic mass is 9.93. The number of carbonyl (C=O) groups excluding carboxylic acids is 1. The van der Waals surface area contributed by atoms with Crippen LogP contribution in [0.2, 0.25) is 0 Å². The molecule has 1 N–H and O–H groups in total. The fourth-order valence-corrected chi connectivity index (χ4v) is 3.19. The second kappa shape index (κ2) is 6.87. The number of likely N-dealkylation sites (tertiary alicyclic amines) is 1. The summed E-state index contributed by atoms with van der Waals surface area (Å²) in [7, 11) is 0. The first kappa shape index (κ1) is 16.2. The van der Waals surface area contributed by atoms with E-state index in [1.54, 1.807) is 30.3 Å². The van der Waals surface area contributed by atoms with Crippen LogP contribution >= 0.6 is 0 Å². The Morgan fingerprint density at radius 1 is 0.917 bits per heavy atom. The van der Waals surface area contributed by atoms with Crippen molar-refractivity contribution in [3.05, 3.63) is 59.7 Å². The molecule has 0 unspecified atom stereocenters. The van der Waals surface area contributed by atoms with Crippen LogP contribution in [0.5, 0.6) is 0 Å². The monoisotopic (exact) mass is 323 g/mol. The number of piperidine rings is 1. The number of aromatic carboxylic acids is 1. The number of rotatable bonds is 3. The van der Waals surface area contributed by atoms with Gasteiger partial charge in [0.1, 0.15) is 0 Å². The molecule has 2 aromatic carbocycles. The van der Waals surface area contributed by atoms with Crippen molar-refractivity contribution in [2.45, 2.75) is 19.8 Å². The lowest BCUT2D eigenvalue weighted by molar-refractivity contribution is 0.0686. The van der Waals surface area contributed by atoms with Crippen LogP contribution in [-0.2, 0) is 0 Å². The molecule has 1 heterocycles. The normalized spacial score (nSPS) is 15.3. The SMILES string of the molecule is CC1CCN(C(=O)c2ccccc2-c2ccccc2C(=O)O)CC1. The number of carboxylic acid groups (broad SMARTS) is 1. The molecule has 124 valence electrons. The Labute approximate surface area is 141 Å². The van der Waals surface area contributed by atoms with E-state index < -0.39 is 5.97 Å². The molecule has 1 saturated heterocycles. The fourth-order valence-electron chi connectivity index (χ4n) is 3.19. The molecule has 0 bridgehead atoms. The molecule has 0 radical (unpaired) electrons. The average molecular weight is 323 g/mol. The lowest BCUT2D eigenvalue weighted by Crippen LogP contribution is -2.38. The number of carbonyl (C=O) groups is 2. The largest absolute Gasteiger partial charge is 0.478 e. The maximum Gasteiger partial charge on any atom is 0.336 e. The van der Waals surface area contributed by atoms with E-state index in [0.29, 0.717) is 22.6 Å². The van der Waals surface area contributed by atoms with Gasteiger partial charge < -0.3 is 10.0 Å². The van der Waals surface area contributed by atoms with E-state index in [-0.39, 0.29) is 11.5 Å². The van der Waals surface area contributed by atoms with Crippen molar-refractivity contribution in [1.29, 1.82) is 0 Å². The van der Waals surface area contributed by atoms with Crippen LogP contribution in [0.15, 0.2) is 48.5 Å². The molecule has 0 saturated carbocycles. The van der Waals surface area contributed by atoms with Crippen LogP contribution in [0.3, 0.4) is 0 Å². The molecule has 1 aliphatic heterocycles. The minimum absolute atomic E-state index is 0.0160. The summed E-state index contributed by atoms with van der Waals surface area (Å²) >= 11 is 0. The van der Waals surface area contributed by atoms with Crippen molar-refractivity contribution >= 4 is 11.9 Å². The minimum atomic E-state index is -0.986. The van der Waals surface area contributed by atoms with Gasteiger partial charge in [0.15, 0.2) is 0 Å². The summed E-state index contributed by atoms with van der Waals surface area (Å²) in [5, 5.41) is 9.44. The van der Waals surface area contributed by atoms with Gasteiger partial charge in [0.05, 0.1) is 5.56 Å². The maximum absolute atomic E-state index is 13.0. The van der Waals surface area contributed by atoms with Gasteiger partial charge in [-0.25, -0.2) is 4.79 Å². The van der Waals surface area contributed by atoms with Gasteiger partial charge in [0, 0.05) is 18.7 Å². The molecule has 0 aliphatic carbocycles. The standard InChI is InChI=1S/C20H21NO3/c1-14-10-12-21(13-11-14)19(22)17-8-4-2-6-15(17)16-7-3-5-9-18(16)20(23)24/h2-9,14H,10-13H2,1H3,(H,23,24). The first-order chi connectivity index (χ1) is 11.6. The summed E-state index contributed by atoms with van der Waals surface area (Å²) in [6.45, 7) is 3.72. The number of nitrogens with zero attached hydrogens (tertiary/aromatic N) is 1. The van der Waals surface area contributed by atoms with Gasteiger partial charge in [-0.2, -0.15) is 0 Å². The smallest absolute Gasteiger partial charge is 0.336 e. The number of hydrogen-bond donors (Lipinski definition) is 1. The molecule has 0 aromatic heterocycles. The van der Waals surface area contributed by atoms with Crippen molar-refractivity contribution in [1.82, 2.24) is 4.90 Å². The lowest BCUT2D eigenvalue weighted by Gasteiger charge is -2.31. The van der Waals surface area contributed by atoms with E-state index in [9.17, 15) is 14.7 Å². The molecule has 1 amide bonds. The van der Waals surface area contributed by atoms with Crippen LogP contribution in [0.4, 0.5) is 0 Å². The van der Waals surface area contributed by atoms with Gasteiger partial charge in [-0.3, -0.25) is 4.79 Å². The Hall–Kier alpha value is -2.62. The molecule has 0 atom stereocenters. The van der Waals surface area contributed by atoms with Crippen molar-refractivity contribution in [2.75, 3.05) is 13.1 Å². The maximum atomic E-state index is 13.0. The summed E-state index contributed by atoms with van der Waals surface area (Å²) in [5.74, 6) is -0.352. The summed E-state index contributed by atoms with van der Waals surface area (Å²) in [4.78, 5) is 26.4. The third kappa shape index (κ3) is 3.18. The van der Waals surface area contributed by atoms with Gasteiger partial charge in [-0.05, 0) is 42.0 Å². The van der Waals surface area contributed by atoms with Crippen LogP contribution < -0.4 is 0 Å². The predicted octanol–water partition coefficient (Wildman–Crippen LogP) is 3.92. The fraction of sp³-hybridized carbons (Fsp3) is 0.300. The zero-order chi connectivity index (χ0) is 17.1. The average Bonchev–Trinajstić information content (AvgIpc) is 2.62. The molecule has 4 heteroatoms. The summed E-state index contributed by atoms with van der Waals surface area (Å²) in [6.07, 6.45) is 2.03. The predicted molar refractivity (Wildman–Crippen MR) is 93.1 cm³/mol. The van der Waals surface area contributed by atoms with E-state index in [1.807, 2.05) is 23.1 Å². The first-order valence-corrected chi connectivity index (χ1v) is 8.29. The van der Waals surface area contributed by atoms with Gasteiger partial charge in [0.2, 0.25) is 0 Å². The quantitative estimate of drug-likeness (QED) is 0.931. The van der Waals surface area contributed by atoms with Crippen LogP contribution in [0.25, 0.3) is 11.1 Å². The highest BCUT2D eigenvalue weighted by atomic mass is 16.4. The highest BCUT2D eigenvalue weighted by molar-refractivity contribution is 6.04. The molecule has 0 spiro atoms. The number of amides is 1. The molecule has 2 aromatic rings. The second-order valence-corrected chi connectivity index (χ2v) is 6.37. The van der Waals surface area contributed by atoms with Gasteiger partial charge in [-0.1, -0.05) is 43.3 Å².